The van der Waals surface area contributed by atoms with Crippen LogP contribution in [0.1, 0.15) is 27.7 Å². The van der Waals surface area contributed by atoms with Crippen molar-refractivity contribution in [3.05, 3.63) is 12.3 Å². The maximum absolute atomic E-state index is 6.58. The lowest BCUT2D eigenvalue weighted by atomic mass is 10.2. The highest BCUT2D eigenvalue weighted by Crippen LogP contribution is 1.91. The van der Waals surface area contributed by atoms with Gasteiger partial charge in [0, 0.05) is 18.6 Å². The van der Waals surface area contributed by atoms with Crippen molar-refractivity contribution in [1.29, 1.82) is 5.41 Å². The van der Waals surface area contributed by atoms with Gasteiger partial charge in [-0.15, -0.1) is 0 Å². The molecule has 2 nitrogen and oxygen atoms in total. The number of hydrogen-bond donors (Lipinski definition) is 1. The summed E-state index contributed by atoms with van der Waals surface area (Å²) in [5, 5.41) is 6.58. The van der Waals surface area contributed by atoms with Crippen LogP contribution in [0.4, 0.5) is 0 Å². The van der Waals surface area contributed by atoms with Gasteiger partial charge in [0.25, 0.3) is 0 Å². The number of nitrogens with zero attached hydrogens (tertiary/aromatic N) is 1. The highest BCUT2D eigenvalue weighted by Gasteiger charge is 1.78. The van der Waals surface area contributed by atoms with Gasteiger partial charge >= 0.3 is 0 Å². The van der Waals surface area contributed by atoms with Gasteiger partial charge in [-0.25, -0.2) is 0 Å². The number of aliphatic imine (C=N–C) groups is 1. The molecule has 0 heterocycles. The second-order valence-corrected chi connectivity index (χ2v) is 2.05. The molecular weight excluding hydrogens is 136 g/mol. The van der Waals surface area contributed by atoms with Crippen molar-refractivity contribution in [1.82, 2.24) is 0 Å². The predicted molar refractivity (Wildman–Crippen MR) is 52.6 cm³/mol. The molecular formula is C9H18N2. The van der Waals surface area contributed by atoms with Crippen molar-refractivity contribution in [3.8, 4) is 0 Å². The summed E-state index contributed by atoms with van der Waals surface area (Å²) in [5.41, 5.74) is 0. The third kappa shape index (κ3) is 17.6. The van der Waals surface area contributed by atoms with Gasteiger partial charge in [-0.2, -0.15) is 0 Å². The van der Waals surface area contributed by atoms with Crippen LogP contribution in [-0.4, -0.2) is 12.4 Å². The molecule has 64 valence electrons. The Kier molecular flexibility index (Phi) is 13.7. The number of rotatable bonds is 3. The van der Waals surface area contributed by atoms with Gasteiger partial charge in [0.1, 0.15) is 0 Å². The Bertz CT molecular complexity index is 124. The zero-order chi connectivity index (χ0) is 9.11. The first-order chi connectivity index (χ1) is 5.27. The van der Waals surface area contributed by atoms with Crippen molar-refractivity contribution in [3.63, 3.8) is 0 Å². The van der Waals surface area contributed by atoms with Gasteiger partial charge in [0.05, 0.1) is 0 Å². The third-order valence-electron chi connectivity index (χ3n) is 0.718. The molecule has 0 bridgehead atoms. The van der Waals surface area contributed by atoms with E-state index in [1.54, 1.807) is 6.20 Å². The Morgan fingerprint density at radius 3 is 2.18 bits per heavy atom. The van der Waals surface area contributed by atoms with Gasteiger partial charge < -0.3 is 5.41 Å². The molecule has 1 N–H and O–H groups in total. The fourth-order valence-corrected chi connectivity index (χ4v) is 0.315. The largest absolute Gasteiger partial charge is 0.307 e. The first-order valence-corrected chi connectivity index (χ1v) is 3.96. The van der Waals surface area contributed by atoms with E-state index in [9.17, 15) is 0 Å². The summed E-state index contributed by atoms with van der Waals surface area (Å²) in [6.45, 7) is 8.16. The highest BCUT2D eigenvalue weighted by molar-refractivity contribution is 6.14. The average molecular weight is 154 g/mol. The summed E-state index contributed by atoms with van der Waals surface area (Å²) >= 11 is 0. The Morgan fingerprint density at radius 1 is 1.27 bits per heavy atom. The molecule has 0 radical (unpaired) electrons. The summed E-state index contributed by atoms with van der Waals surface area (Å²) in [4.78, 5) is 3.78. The monoisotopic (exact) mass is 154 g/mol. The van der Waals surface area contributed by atoms with Crippen LogP contribution in [0.2, 0.25) is 0 Å². The van der Waals surface area contributed by atoms with E-state index in [-0.39, 0.29) is 0 Å². The highest BCUT2D eigenvalue weighted by atomic mass is 14.7. The summed E-state index contributed by atoms with van der Waals surface area (Å²) in [7, 11) is 0. The Hall–Kier alpha value is -0.920. The average Bonchev–Trinajstić information content (AvgIpc) is 2.02. The topological polar surface area (TPSA) is 36.2 Å². The van der Waals surface area contributed by atoms with Crippen LogP contribution in [0.25, 0.3) is 0 Å². The molecule has 0 aromatic heterocycles. The molecule has 0 atom stereocenters. The van der Waals surface area contributed by atoms with Crippen LogP contribution in [0.3, 0.4) is 0 Å². The SMILES string of the molecule is CC.CC(C)/C=C\N=CC=N. The molecule has 2 heteroatoms. The van der Waals surface area contributed by atoms with Gasteiger partial charge in [-0.05, 0) is 5.92 Å². The molecule has 11 heavy (non-hydrogen) atoms. The summed E-state index contributed by atoms with van der Waals surface area (Å²) < 4.78 is 0. The Morgan fingerprint density at radius 2 is 1.82 bits per heavy atom. The molecule has 0 aromatic carbocycles. The first kappa shape index (κ1) is 12.7. The van der Waals surface area contributed by atoms with Crippen LogP contribution in [0.5, 0.6) is 0 Å². The molecule has 0 saturated heterocycles. The van der Waals surface area contributed by atoms with Gasteiger partial charge in [0.2, 0.25) is 0 Å². The summed E-state index contributed by atoms with van der Waals surface area (Å²) in [6, 6.07) is 0. The van der Waals surface area contributed by atoms with E-state index < -0.39 is 0 Å². The molecule has 0 rings (SSSR count). The lowest BCUT2D eigenvalue weighted by Gasteiger charge is -1.87. The quantitative estimate of drug-likeness (QED) is 0.607. The van der Waals surface area contributed by atoms with Crippen LogP contribution in [-0.2, 0) is 0 Å². The molecule has 0 aliphatic carbocycles. The molecule has 0 saturated carbocycles. The van der Waals surface area contributed by atoms with Crippen LogP contribution in [0, 0.1) is 11.3 Å². The smallest absolute Gasteiger partial charge is 0.0443 e. The van der Waals surface area contributed by atoms with E-state index in [4.69, 9.17) is 5.41 Å². The second-order valence-electron chi connectivity index (χ2n) is 2.05. The predicted octanol–water partition coefficient (Wildman–Crippen LogP) is 2.90. The molecule has 0 unspecified atom stereocenters. The van der Waals surface area contributed by atoms with Crippen LogP contribution in [0.15, 0.2) is 17.3 Å². The van der Waals surface area contributed by atoms with E-state index >= 15 is 0 Å². The van der Waals surface area contributed by atoms with Gasteiger partial charge in [-0.3, -0.25) is 4.99 Å². The number of allylic oxidation sites excluding steroid dienone is 1. The second kappa shape index (κ2) is 11.8. The molecule has 0 aliphatic heterocycles. The maximum atomic E-state index is 6.58. The Balaban J connectivity index is 0. The number of hydrogen-bond acceptors (Lipinski definition) is 2. The summed E-state index contributed by atoms with van der Waals surface area (Å²) in [5.74, 6) is 0.535. The molecule has 0 fully saturated rings. The minimum absolute atomic E-state index is 0.535. The van der Waals surface area contributed by atoms with Crippen molar-refractivity contribution in [2.24, 2.45) is 10.9 Å². The van der Waals surface area contributed by atoms with Crippen molar-refractivity contribution in [2.45, 2.75) is 27.7 Å². The van der Waals surface area contributed by atoms with E-state index in [1.807, 2.05) is 19.9 Å². The van der Waals surface area contributed by atoms with E-state index in [0.29, 0.717) is 5.92 Å². The normalized spacial score (nSPS) is 10.3. The lowest BCUT2D eigenvalue weighted by molar-refractivity contribution is 0.829. The fourth-order valence-electron chi connectivity index (χ4n) is 0.315. The van der Waals surface area contributed by atoms with Crippen molar-refractivity contribution >= 4 is 12.4 Å². The maximum Gasteiger partial charge on any atom is 0.0443 e. The zero-order valence-electron chi connectivity index (χ0n) is 7.83. The van der Waals surface area contributed by atoms with E-state index in [0.717, 1.165) is 6.21 Å². The minimum atomic E-state index is 0.535. The third-order valence-corrected chi connectivity index (χ3v) is 0.718. The molecule has 0 amide bonds. The van der Waals surface area contributed by atoms with Crippen molar-refractivity contribution < 1.29 is 0 Å². The number of nitrogens with one attached hydrogen (secondary N) is 1. The molecule has 0 spiro atoms. The standard InChI is InChI=1S/C7H12N2.C2H6/c1-7(2)3-5-9-6-4-8;1-2/h3-8H,1-2H3;1-2H3/b5-3-,8-4?,9-6?;. The minimum Gasteiger partial charge on any atom is -0.307 e. The molecule has 0 aliphatic rings. The van der Waals surface area contributed by atoms with Gasteiger partial charge in [-0.1, -0.05) is 33.8 Å². The van der Waals surface area contributed by atoms with Gasteiger partial charge in [0.15, 0.2) is 0 Å². The fraction of sp³-hybridized carbons (Fsp3) is 0.556. The van der Waals surface area contributed by atoms with Crippen molar-refractivity contribution in [2.75, 3.05) is 0 Å². The Labute approximate surface area is 69.6 Å². The summed E-state index contributed by atoms with van der Waals surface area (Å²) in [6.07, 6.45) is 6.28. The van der Waals surface area contributed by atoms with E-state index in [1.165, 1.54) is 6.21 Å². The first-order valence-electron chi connectivity index (χ1n) is 3.96. The van der Waals surface area contributed by atoms with Crippen LogP contribution < -0.4 is 0 Å². The zero-order valence-corrected chi connectivity index (χ0v) is 7.83. The van der Waals surface area contributed by atoms with E-state index in [2.05, 4.69) is 18.8 Å². The molecule has 0 aromatic rings. The lowest BCUT2D eigenvalue weighted by Crippen LogP contribution is -1.75. The van der Waals surface area contributed by atoms with Crippen LogP contribution >= 0.6 is 0 Å².